The van der Waals surface area contributed by atoms with Crippen LogP contribution in [0.4, 0.5) is 11.4 Å². The molecular formula is C21H28N3O5+. The first-order valence-corrected chi connectivity index (χ1v) is 9.29. The predicted octanol–water partition coefficient (Wildman–Crippen LogP) is 1.19. The van der Waals surface area contributed by atoms with E-state index in [-0.39, 0.29) is 24.9 Å². The van der Waals surface area contributed by atoms with E-state index < -0.39 is 0 Å². The first-order chi connectivity index (χ1) is 14.0. The Bertz CT molecular complexity index is 841. The zero-order chi connectivity index (χ0) is 21.2. The number of ether oxygens (including phenoxy) is 3. The number of para-hydroxylation sites is 2. The number of quaternary nitrogens is 1. The van der Waals surface area contributed by atoms with Gasteiger partial charge < -0.3 is 29.7 Å². The molecule has 1 atom stereocenters. The summed E-state index contributed by atoms with van der Waals surface area (Å²) >= 11 is 0. The molecule has 2 rings (SSSR count). The van der Waals surface area contributed by atoms with Crippen molar-refractivity contribution in [2.24, 2.45) is 0 Å². The topological polar surface area (TPSA) is 90.3 Å². The van der Waals surface area contributed by atoms with Gasteiger partial charge in [0, 0.05) is 6.07 Å². The van der Waals surface area contributed by atoms with E-state index in [0.717, 1.165) is 4.90 Å². The van der Waals surface area contributed by atoms with Crippen molar-refractivity contribution in [1.82, 2.24) is 0 Å². The Kier molecular flexibility index (Phi) is 8.29. The van der Waals surface area contributed by atoms with Crippen LogP contribution in [0.25, 0.3) is 0 Å². The maximum atomic E-state index is 12.5. The van der Waals surface area contributed by atoms with Gasteiger partial charge in [-0.1, -0.05) is 12.1 Å². The number of nitrogens with one attached hydrogen (secondary N) is 3. The second-order valence-electron chi connectivity index (χ2n) is 6.32. The second kappa shape index (κ2) is 10.9. The largest absolute Gasteiger partial charge is 0.497 e. The molecule has 0 fully saturated rings. The van der Waals surface area contributed by atoms with Gasteiger partial charge in [-0.15, -0.1) is 0 Å². The summed E-state index contributed by atoms with van der Waals surface area (Å²) in [7, 11) is 4.63. The zero-order valence-corrected chi connectivity index (χ0v) is 17.2. The predicted molar refractivity (Wildman–Crippen MR) is 111 cm³/mol. The number of carbonyl (C=O) groups excluding carboxylic acids is 2. The summed E-state index contributed by atoms with van der Waals surface area (Å²) in [5, 5.41) is 5.66. The van der Waals surface area contributed by atoms with Gasteiger partial charge in [0.25, 0.3) is 11.8 Å². The standard InChI is InChI=1S/C21H27N3O5/c1-5-24(13-20(25)22-16-8-6-7-9-18(16)28-3)14-21(26)23-17-12-15(27-2)10-11-19(17)29-4/h6-12H,5,13-14H2,1-4H3,(H,22,25)(H,23,26)/p+1. The van der Waals surface area contributed by atoms with Gasteiger partial charge in [0.1, 0.15) is 17.2 Å². The molecule has 0 aromatic heterocycles. The van der Waals surface area contributed by atoms with Gasteiger partial charge in [-0.3, -0.25) is 9.59 Å². The Morgan fingerprint density at radius 2 is 1.41 bits per heavy atom. The minimum atomic E-state index is -0.224. The zero-order valence-electron chi connectivity index (χ0n) is 17.2. The monoisotopic (exact) mass is 402 g/mol. The average molecular weight is 402 g/mol. The molecule has 2 aromatic carbocycles. The molecule has 2 amide bonds. The second-order valence-corrected chi connectivity index (χ2v) is 6.32. The van der Waals surface area contributed by atoms with Crippen LogP contribution in [0.1, 0.15) is 6.92 Å². The average Bonchev–Trinajstić information content (AvgIpc) is 2.73. The van der Waals surface area contributed by atoms with Gasteiger partial charge in [-0.05, 0) is 31.2 Å². The quantitative estimate of drug-likeness (QED) is 0.556. The maximum Gasteiger partial charge on any atom is 0.279 e. The molecule has 0 spiro atoms. The van der Waals surface area contributed by atoms with Crippen LogP contribution in [0.5, 0.6) is 17.2 Å². The fourth-order valence-electron chi connectivity index (χ4n) is 2.82. The van der Waals surface area contributed by atoms with Crippen LogP contribution in [0, 0.1) is 0 Å². The molecule has 156 valence electrons. The number of anilines is 2. The lowest BCUT2D eigenvalue weighted by molar-refractivity contribution is -0.881. The number of carbonyl (C=O) groups is 2. The summed E-state index contributed by atoms with van der Waals surface area (Å²) in [5.41, 5.74) is 1.12. The number of rotatable bonds is 10. The molecule has 8 nitrogen and oxygen atoms in total. The van der Waals surface area contributed by atoms with E-state index >= 15 is 0 Å². The summed E-state index contributed by atoms with van der Waals surface area (Å²) in [4.78, 5) is 25.7. The molecular weight excluding hydrogens is 374 g/mol. The number of hydrogen-bond donors (Lipinski definition) is 3. The van der Waals surface area contributed by atoms with E-state index in [4.69, 9.17) is 14.2 Å². The van der Waals surface area contributed by atoms with Gasteiger partial charge in [0.2, 0.25) is 0 Å². The van der Waals surface area contributed by atoms with Crippen LogP contribution >= 0.6 is 0 Å². The van der Waals surface area contributed by atoms with Gasteiger partial charge in [0.05, 0.1) is 39.2 Å². The molecule has 29 heavy (non-hydrogen) atoms. The van der Waals surface area contributed by atoms with Crippen LogP contribution in [0.15, 0.2) is 42.5 Å². The molecule has 2 aromatic rings. The molecule has 0 aliphatic rings. The van der Waals surface area contributed by atoms with Crippen molar-refractivity contribution in [3.8, 4) is 17.2 Å². The van der Waals surface area contributed by atoms with Gasteiger partial charge >= 0.3 is 0 Å². The Hall–Kier alpha value is -3.26. The Labute approximate surface area is 170 Å². The minimum Gasteiger partial charge on any atom is -0.497 e. The normalized spacial score (nSPS) is 11.3. The lowest BCUT2D eigenvalue weighted by Crippen LogP contribution is -3.13. The molecule has 0 saturated carbocycles. The van der Waals surface area contributed by atoms with Crippen LogP contribution in [-0.2, 0) is 9.59 Å². The van der Waals surface area contributed by atoms with E-state index in [2.05, 4.69) is 10.6 Å². The van der Waals surface area contributed by atoms with Crippen molar-refractivity contribution in [2.45, 2.75) is 6.92 Å². The van der Waals surface area contributed by atoms with Crippen LogP contribution in [0.3, 0.4) is 0 Å². The van der Waals surface area contributed by atoms with Gasteiger partial charge in [-0.2, -0.15) is 0 Å². The summed E-state index contributed by atoms with van der Waals surface area (Å²) in [6.07, 6.45) is 0. The van der Waals surface area contributed by atoms with Crippen molar-refractivity contribution in [2.75, 3.05) is 51.6 Å². The number of methoxy groups -OCH3 is 3. The van der Waals surface area contributed by atoms with Crippen molar-refractivity contribution in [3.63, 3.8) is 0 Å². The van der Waals surface area contributed by atoms with Crippen LogP contribution in [-0.4, -0.2) is 52.8 Å². The molecule has 0 aliphatic carbocycles. The summed E-state index contributed by atoms with van der Waals surface area (Å²) in [6, 6.07) is 12.3. The number of likely N-dealkylation sites (N-methyl/N-ethyl adjacent to an activating group) is 1. The number of benzene rings is 2. The van der Waals surface area contributed by atoms with Crippen molar-refractivity contribution in [3.05, 3.63) is 42.5 Å². The summed E-state index contributed by atoms with van der Waals surface area (Å²) in [6.45, 7) is 2.82. The first-order valence-electron chi connectivity index (χ1n) is 9.29. The fraction of sp³-hybridized carbons (Fsp3) is 0.333. The lowest BCUT2D eigenvalue weighted by atomic mass is 10.2. The Morgan fingerprint density at radius 1 is 0.828 bits per heavy atom. The van der Waals surface area contributed by atoms with E-state index in [1.54, 1.807) is 44.6 Å². The smallest absolute Gasteiger partial charge is 0.279 e. The number of hydrogen-bond acceptors (Lipinski definition) is 5. The summed E-state index contributed by atoms with van der Waals surface area (Å²) in [5.74, 6) is 1.31. The third-order valence-electron chi connectivity index (χ3n) is 4.38. The molecule has 0 radical (unpaired) electrons. The van der Waals surface area contributed by atoms with E-state index in [9.17, 15) is 9.59 Å². The molecule has 0 aliphatic heterocycles. The SMILES string of the molecule is CC[NH+](CC(=O)Nc1ccccc1OC)CC(=O)Nc1cc(OC)ccc1OC. The van der Waals surface area contributed by atoms with Crippen LogP contribution in [0.2, 0.25) is 0 Å². The number of amides is 2. The molecule has 1 unspecified atom stereocenters. The van der Waals surface area contributed by atoms with Gasteiger partial charge in [0.15, 0.2) is 13.1 Å². The maximum absolute atomic E-state index is 12.5. The highest BCUT2D eigenvalue weighted by Crippen LogP contribution is 2.28. The third-order valence-corrected chi connectivity index (χ3v) is 4.38. The van der Waals surface area contributed by atoms with E-state index in [1.165, 1.54) is 7.11 Å². The summed E-state index contributed by atoms with van der Waals surface area (Å²) < 4.78 is 15.7. The van der Waals surface area contributed by atoms with Crippen molar-refractivity contribution >= 4 is 23.2 Å². The molecule has 0 saturated heterocycles. The van der Waals surface area contributed by atoms with Crippen molar-refractivity contribution in [1.29, 1.82) is 0 Å². The highest BCUT2D eigenvalue weighted by atomic mass is 16.5. The molecule has 8 heteroatoms. The molecule has 3 N–H and O–H groups in total. The molecule has 0 bridgehead atoms. The highest BCUT2D eigenvalue weighted by molar-refractivity contribution is 5.94. The fourth-order valence-corrected chi connectivity index (χ4v) is 2.82. The Balaban J connectivity index is 1.97. The lowest BCUT2D eigenvalue weighted by Gasteiger charge is -2.18. The van der Waals surface area contributed by atoms with Gasteiger partial charge in [-0.25, -0.2) is 0 Å². The molecule has 0 heterocycles. The van der Waals surface area contributed by atoms with E-state index in [0.29, 0.717) is 35.2 Å². The van der Waals surface area contributed by atoms with Crippen LogP contribution < -0.4 is 29.7 Å². The third kappa shape index (κ3) is 6.39. The minimum absolute atomic E-state index is 0.135. The first kappa shape index (κ1) is 22.0. The Morgan fingerprint density at radius 3 is 2.00 bits per heavy atom. The highest BCUT2D eigenvalue weighted by Gasteiger charge is 2.19. The van der Waals surface area contributed by atoms with E-state index in [1.807, 2.05) is 19.1 Å². The van der Waals surface area contributed by atoms with Crippen molar-refractivity contribution < 1.29 is 28.7 Å².